The molecular formula is C30H34F4N2O2. The fourth-order valence-electron chi connectivity index (χ4n) is 5.29. The lowest BCUT2D eigenvalue weighted by molar-refractivity contribution is -0.137. The summed E-state index contributed by atoms with van der Waals surface area (Å²) in [4.78, 5) is 17.4. The molecule has 38 heavy (non-hydrogen) atoms. The fourth-order valence-corrected chi connectivity index (χ4v) is 5.29. The normalized spacial score (nSPS) is 18.3. The molecule has 1 aliphatic rings. The Bertz CT molecular complexity index is 1230. The number of likely N-dealkylation sites (tertiary alicyclic amines) is 1. The van der Waals surface area contributed by atoms with Crippen LogP contribution >= 0.6 is 0 Å². The van der Waals surface area contributed by atoms with Gasteiger partial charge in [-0.05, 0) is 73.2 Å². The van der Waals surface area contributed by atoms with Gasteiger partial charge >= 0.3 is 6.18 Å². The van der Waals surface area contributed by atoms with Crippen LogP contribution in [0.2, 0.25) is 0 Å². The van der Waals surface area contributed by atoms with Gasteiger partial charge in [0.15, 0.2) is 0 Å². The number of furan rings is 1. The van der Waals surface area contributed by atoms with Crippen molar-refractivity contribution in [2.75, 3.05) is 26.2 Å². The van der Waals surface area contributed by atoms with Crippen molar-refractivity contribution in [3.63, 3.8) is 0 Å². The lowest BCUT2D eigenvalue weighted by Crippen LogP contribution is -2.39. The van der Waals surface area contributed by atoms with Gasteiger partial charge in [-0.25, -0.2) is 4.39 Å². The molecule has 1 aromatic heterocycles. The number of hydrogen-bond acceptors (Lipinski definition) is 3. The van der Waals surface area contributed by atoms with E-state index in [1.165, 1.54) is 36.4 Å². The first-order valence-corrected chi connectivity index (χ1v) is 12.9. The Balaban J connectivity index is 1.63. The number of alkyl halides is 3. The second kappa shape index (κ2) is 11.3. The molecule has 204 valence electrons. The molecule has 1 fully saturated rings. The summed E-state index contributed by atoms with van der Waals surface area (Å²) >= 11 is 0. The number of halogens is 4. The van der Waals surface area contributed by atoms with Crippen molar-refractivity contribution < 1.29 is 26.8 Å². The van der Waals surface area contributed by atoms with Crippen molar-refractivity contribution in [3.05, 3.63) is 94.2 Å². The van der Waals surface area contributed by atoms with E-state index in [9.17, 15) is 22.4 Å². The second-order valence-corrected chi connectivity index (χ2v) is 10.7. The van der Waals surface area contributed by atoms with Crippen molar-refractivity contribution in [2.24, 2.45) is 11.8 Å². The molecule has 2 aromatic carbocycles. The molecule has 2 heterocycles. The molecule has 4 rings (SSSR count). The average molecular weight is 531 g/mol. The van der Waals surface area contributed by atoms with E-state index in [-0.39, 0.29) is 23.7 Å². The Morgan fingerprint density at radius 3 is 2.39 bits per heavy atom. The molecule has 0 N–H and O–H groups in total. The van der Waals surface area contributed by atoms with E-state index in [1.54, 1.807) is 11.0 Å². The number of amides is 1. The third kappa shape index (κ3) is 6.65. The Kier molecular flexibility index (Phi) is 8.31. The molecule has 1 saturated heterocycles. The predicted molar refractivity (Wildman–Crippen MR) is 138 cm³/mol. The summed E-state index contributed by atoms with van der Waals surface area (Å²) in [5, 5.41) is 0. The highest BCUT2D eigenvalue weighted by atomic mass is 19.4. The second-order valence-electron chi connectivity index (χ2n) is 10.7. The average Bonchev–Trinajstić information content (AvgIpc) is 3.39. The first-order chi connectivity index (χ1) is 17.9. The van der Waals surface area contributed by atoms with Crippen molar-refractivity contribution >= 4 is 5.91 Å². The number of benzene rings is 2. The zero-order chi connectivity index (χ0) is 27.6. The van der Waals surface area contributed by atoms with Crippen LogP contribution in [-0.2, 0) is 12.7 Å². The zero-order valence-electron chi connectivity index (χ0n) is 22.2. The third-order valence-corrected chi connectivity index (χ3v) is 7.17. The highest BCUT2D eigenvalue weighted by molar-refractivity contribution is 5.94. The summed E-state index contributed by atoms with van der Waals surface area (Å²) in [5.41, 5.74) is 1.38. The quantitative estimate of drug-likeness (QED) is 0.292. The largest absolute Gasteiger partial charge is 0.465 e. The summed E-state index contributed by atoms with van der Waals surface area (Å²) in [6.45, 7) is 10.5. The van der Waals surface area contributed by atoms with Crippen LogP contribution in [0.15, 0.2) is 59.0 Å². The molecule has 8 heteroatoms. The molecular weight excluding hydrogens is 496 g/mol. The molecule has 2 unspecified atom stereocenters. The number of hydrogen-bond donors (Lipinski definition) is 0. The zero-order valence-corrected chi connectivity index (χ0v) is 22.2. The monoisotopic (exact) mass is 530 g/mol. The van der Waals surface area contributed by atoms with Gasteiger partial charge in [-0.15, -0.1) is 0 Å². The van der Waals surface area contributed by atoms with Crippen molar-refractivity contribution in [2.45, 2.75) is 46.3 Å². The number of aryl methyl sites for hydroxylation is 2. The molecule has 0 aliphatic carbocycles. The lowest BCUT2D eigenvalue weighted by Gasteiger charge is -2.30. The number of rotatable bonds is 8. The minimum atomic E-state index is -4.44. The van der Waals surface area contributed by atoms with Crippen LogP contribution in [0.4, 0.5) is 17.6 Å². The Morgan fingerprint density at radius 2 is 1.79 bits per heavy atom. The van der Waals surface area contributed by atoms with Crippen molar-refractivity contribution in [3.8, 4) is 0 Å². The van der Waals surface area contributed by atoms with Gasteiger partial charge < -0.3 is 9.32 Å². The van der Waals surface area contributed by atoms with Gasteiger partial charge in [0.05, 0.1) is 12.1 Å². The minimum absolute atomic E-state index is 0.0983. The summed E-state index contributed by atoms with van der Waals surface area (Å²) in [5.74, 6) is 0.901. The van der Waals surface area contributed by atoms with Gasteiger partial charge in [-0.3, -0.25) is 9.69 Å². The van der Waals surface area contributed by atoms with Gasteiger partial charge in [0.25, 0.3) is 5.91 Å². The summed E-state index contributed by atoms with van der Waals surface area (Å²) in [6.07, 6.45) is -4.44. The van der Waals surface area contributed by atoms with Gasteiger partial charge in [0, 0.05) is 37.7 Å². The molecule has 2 atom stereocenters. The molecule has 0 spiro atoms. The molecule has 1 aliphatic heterocycles. The van der Waals surface area contributed by atoms with Crippen LogP contribution in [0.5, 0.6) is 0 Å². The van der Waals surface area contributed by atoms with Crippen molar-refractivity contribution in [1.29, 1.82) is 0 Å². The van der Waals surface area contributed by atoms with E-state index in [0.29, 0.717) is 43.9 Å². The smallest absolute Gasteiger partial charge is 0.416 e. The lowest BCUT2D eigenvalue weighted by atomic mass is 9.87. The maximum atomic E-state index is 13.5. The van der Waals surface area contributed by atoms with Crippen LogP contribution in [0.1, 0.15) is 58.3 Å². The molecule has 1 amide bonds. The SMILES string of the molecule is Cc1cc(CN2CC(CN(CC(C)C)C(=O)c3ccc(F)cc3)C(c3cccc(C(F)(F)F)c3)C2)oc1C. The van der Waals surface area contributed by atoms with Crippen LogP contribution < -0.4 is 0 Å². The summed E-state index contributed by atoms with van der Waals surface area (Å²) in [7, 11) is 0. The highest BCUT2D eigenvalue weighted by Crippen LogP contribution is 2.38. The molecule has 0 bridgehead atoms. The van der Waals surface area contributed by atoms with Crippen LogP contribution in [-0.4, -0.2) is 41.9 Å². The van der Waals surface area contributed by atoms with Crippen LogP contribution in [0.25, 0.3) is 0 Å². The van der Waals surface area contributed by atoms with E-state index in [2.05, 4.69) is 4.90 Å². The van der Waals surface area contributed by atoms with E-state index >= 15 is 0 Å². The number of carbonyl (C=O) groups excluding carboxylic acids is 1. The Labute approximate surface area is 221 Å². The first-order valence-electron chi connectivity index (χ1n) is 12.9. The fraction of sp³-hybridized carbons (Fsp3) is 0.433. The van der Waals surface area contributed by atoms with E-state index in [4.69, 9.17) is 4.42 Å². The van der Waals surface area contributed by atoms with Gasteiger partial charge in [0.1, 0.15) is 17.3 Å². The molecule has 0 radical (unpaired) electrons. The maximum absolute atomic E-state index is 13.5. The van der Waals surface area contributed by atoms with Crippen LogP contribution in [0, 0.1) is 31.5 Å². The third-order valence-electron chi connectivity index (χ3n) is 7.17. The van der Waals surface area contributed by atoms with E-state index in [1.807, 2.05) is 33.8 Å². The highest BCUT2D eigenvalue weighted by Gasteiger charge is 2.38. The number of nitrogens with zero attached hydrogens (tertiary/aromatic N) is 2. The predicted octanol–water partition coefficient (Wildman–Crippen LogP) is 7.07. The Morgan fingerprint density at radius 1 is 1.08 bits per heavy atom. The Hall–Kier alpha value is -3.13. The first kappa shape index (κ1) is 27.9. The summed E-state index contributed by atoms with van der Waals surface area (Å²) < 4.78 is 59.9. The summed E-state index contributed by atoms with van der Waals surface area (Å²) in [6, 6.07) is 13.0. The van der Waals surface area contributed by atoms with Gasteiger partial charge in [-0.2, -0.15) is 13.2 Å². The number of carbonyl (C=O) groups is 1. The van der Waals surface area contributed by atoms with Crippen molar-refractivity contribution in [1.82, 2.24) is 9.80 Å². The van der Waals surface area contributed by atoms with Gasteiger partial charge in [0.2, 0.25) is 0 Å². The standard InChI is InChI=1S/C30H34F4N2O2/c1-19(2)14-36(29(37)22-8-10-26(31)11-9-22)16-24-15-35(17-27-12-20(3)21(4)38-27)18-28(24)23-6-5-7-25(13-23)30(32,33)34/h5-13,19,24,28H,14-18H2,1-4H3. The van der Waals surface area contributed by atoms with E-state index in [0.717, 1.165) is 23.2 Å². The van der Waals surface area contributed by atoms with Crippen LogP contribution in [0.3, 0.4) is 0 Å². The van der Waals surface area contributed by atoms with Gasteiger partial charge in [-0.1, -0.05) is 32.0 Å². The molecule has 0 saturated carbocycles. The van der Waals surface area contributed by atoms with E-state index < -0.39 is 17.6 Å². The topological polar surface area (TPSA) is 36.7 Å². The molecule has 3 aromatic rings. The molecule has 4 nitrogen and oxygen atoms in total. The maximum Gasteiger partial charge on any atom is 0.416 e. The minimum Gasteiger partial charge on any atom is -0.465 e.